The topological polar surface area (TPSA) is 98.7 Å². The number of rotatable bonds is 8. The number of carbonyl (C=O) groups is 2. The van der Waals surface area contributed by atoms with Gasteiger partial charge < -0.3 is 20.8 Å². The fourth-order valence-corrected chi connectivity index (χ4v) is 3.11. The van der Waals surface area contributed by atoms with Crippen molar-refractivity contribution in [1.82, 2.24) is 10.6 Å². The Balaban J connectivity index is 1.68. The number of nitrogens with one attached hydrogen (secondary N) is 2. The number of hydrogen-bond acceptors (Lipinski definition) is 4. The van der Waals surface area contributed by atoms with E-state index >= 15 is 0 Å². The van der Waals surface area contributed by atoms with Crippen molar-refractivity contribution < 1.29 is 19.8 Å². The largest absolute Gasteiger partial charge is 0.394 e. The van der Waals surface area contributed by atoms with E-state index < -0.39 is 29.3 Å². The van der Waals surface area contributed by atoms with Crippen molar-refractivity contribution in [2.45, 2.75) is 24.9 Å². The number of aliphatic hydroxyl groups is 2. The second kappa shape index (κ2) is 8.33. The first-order chi connectivity index (χ1) is 13.1. The van der Waals surface area contributed by atoms with Crippen LogP contribution < -0.4 is 10.6 Å². The summed E-state index contributed by atoms with van der Waals surface area (Å²) in [7, 11) is 0. The molecule has 3 rings (SSSR count). The maximum atomic E-state index is 12.8. The lowest BCUT2D eigenvalue weighted by molar-refractivity contribution is -0.138. The van der Waals surface area contributed by atoms with E-state index in [4.69, 9.17) is 0 Å². The van der Waals surface area contributed by atoms with E-state index in [1.807, 2.05) is 60.7 Å². The zero-order valence-corrected chi connectivity index (χ0v) is 15.0. The quantitative estimate of drug-likeness (QED) is 0.530. The van der Waals surface area contributed by atoms with E-state index in [-0.39, 0.29) is 13.2 Å². The minimum absolute atomic E-state index is 0.253. The highest BCUT2D eigenvalue weighted by Crippen LogP contribution is 2.47. The van der Waals surface area contributed by atoms with Crippen molar-refractivity contribution in [3.05, 3.63) is 71.8 Å². The molecule has 6 nitrogen and oxygen atoms in total. The number of benzene rings is 2. The van der Waals surface area contributed by atoms with Gasteiger partial charge in [0.1, 0.15) is 5.41 Å². The van der Waals surface area contributed by atoms with Crippen molar-refractivity contribution in [2.24, 2.45) is 5.41 Å². The number of aliphatic hydroxyl groups excluding tert-OH is 2. The van der Waals surface area contributed by atoms with E-state index in [1.54, 1.807) is 0 Å². The Labute approximate surface area is 158 Å². The molecule has 0 aliphatic heterocycles. The van der Waals surface area contributed by atoms with Crippen LogP contribution in [0.15, 0.2) is 60.7 Å². The zero-order valence-electron chi connectivity index (χ0n) is 15.0. The molecule has 27 heavy (non-hydrogen) atoms. The van der Waals surface area contributed by atoms with Crippen LogP contribution in [0.3, 0.4) is 0 Å². The highest BCUT2D eigenvalue weighted by molar-refractivity contribution is 6.08. The molecule has 1 saturated carbocycles. The molecular weight excluding hydrogens is 344 g/mol. The number of amides is 2. The molecular formula is C21H24N2O4. The first-order valence-electron chi connectivity index (χ1n) is 9.04. The monoisotopic (exact) mass is 368 g/mol. The molecule has 0 unspecified atom stereocenters. The second-order valence-electron chi connectivity index (χ2n) is 6.82. The molecule has 2 atom stereocenters. The molecule has 0 aromatic heterocycles. The molecule has 6 heteroatoms. The minimum Gasteiger partial charge on any atom is -0.394 e. The predicted molar refractivity (Wildman–Crippen MR) is 100 cm³/mol. The molecule has 2 aromatic rings. The van der Waals surface area contributed by atoms with Gasteiger partial charge in [0, 0.05) is 0 Å². The van der Waals surface area contributed by atoms with Gasteiger partial charge in [0.2, 0.25) is 11.8 Å². The van der Waals surface area contributed by atoms with Gasteiger partial charge in [-0.2, -0.15) is 0 Å². The second-order valence-corrected chi connectivity index (χ2v) is 6.82. The summed E-state index contributed by atoms with van der Waals surface area (Å²) < 4.78 is 0. The third kappa shape index (κ3) is 4.18. The Hall–Kier alpha value is -2.70. The van der Waals surface area contributed by atoms with Crippen LogP contribution in [-0.4, -0.2) is 35.2 Å². The Morgan fingerprint density at radius 2 is 1.15 bits per heavy atom. The Bertz CT molecular complexity index is 712. The molecule has 0 spiro atoms. The van der Waals surface area contributed by atoms with Gasteiger partial charge in [0.15, 0.2) is 0 Å². The van der Waals surface area contributed by atoms with E-state index in [9.17, 15) is 19.8 Å². The Kier molecular flexibility index (Phi) is 5.88. The highest BCUT2D eigenvalue weighted by atomic mass is 16.3. The van der Waals surface area contributed by atoms with Crippen LogP contribution in [0.4, 0.5) is 0 Å². The number of hydrogen-bond donors (Lipinski definition) is 4. The van der Waals surface area contributed by atoms with Crippen molar-refractivity contribution in [3.8, 4) is 0 Å². The third-order valence-electron chi connectivity index (χ3n) is 5.00. The average Bonchev–Trinajstić information content (AvgIpc) is 3.53. The Morgan fingerprint density at radius 1 is 0.778 bits per heavy atom. The van der Waals surface area contributed by atoms with E-state index in [1.165, 1.54) is 0 Å². The summed E-state index contributed by atoms with van der Waals surface area (Å²) in [4.78, 5) is 25.5. The van der Waals surface area contributed by atoms with E-state index in [2.05, 4.69) is 10.6 Å². The van der Waals surface area contributed by atoms with Crippen molar-refractivity contribution in [3.63, 3.8) is 0 Å². The van der Waals surface area contributed by atoms with Crippen LogP contribution in [0.1, 0.15) is 36.1 Å². The van der Waals surface area contributed by atoms with Crippen molar-refractivity contribution in [1.29, 1.82) is 0 Å². The van der Waals surface area contributed by atoms with Crippen LogP contribution >= 0.6 is 0 Å². The van der Waals surface area contributed by atoms with Gasteiger partial charge in [0.05, 0.1) is 25.3 Å². The lowest BCUT2D eigenvalue weighted by Gasteiger charge is -2.23. The molecule has 2 aromatic carbocycles. The first-order valence-corrected chi connectivity index (χ1v) is 9.04. The molecule has 4 N–H and O–H groups in total. The molecule has 0 bridgehead atoms. The van der Waals surface area contributed by atoms with Crippen molar-refractivity contribution in [2.75, 3.05) is 13.2 Å². The van der Waals surface area contributed by atoms with Crippen LogP contribution in [0, 0.1) is 5.41 Å². The molecule has 0 heterocycles. The standard InChI is InChI=1S/C21H24N2O4/c24-13-17(15-7-3-1-4-8-15)22-19(26)21(11-12-21)20(27)23-18(14-25)16-9-5-2-6-10-16/h1-10,17-18,24-25H,11-14H2,(H,22,26)(H,23,27)/t17-,18-/m0/s1. The van der Waals surface area contributed by atoms with Gasteiger partial charge in [0.25, 0.3) is 0 Å². The van der Waals surface area contributed by atoms with Gasteiger partial charge in [-0.15, -0.1) is 0 Å². The first kappa shape index (κ1) is 19.1. The summed E-state index contributed by atoms with van der Waals surface area (Å²) in [5, 5.41) is 24.8. The third-order valence-corrected chi connectivity index (χ3v) is 5.00. The summed E-state index contributed by atoms with van der Waals surface area (Å²) in [5.41, 5.74) is 0.425. The lowest BCUT2D eigenvalue weighted by Crippen LogP contribution is -2.46. The molecule has 142 valence electrons. The highest BCUT2D eigenvalue weighted by Gasteiger charge is 2.57. The summed E-state index contributed by atoms with van der Waals surface area (Å²) in [5.74, 6) is -0.791. The maximum Gasteiger partial charge on any atom is 0.236 e. The molecule has 2 amide bonds. The average molecular weight is 368 g/mol. The van der Waals surface area contributed by atoms with Crippen LogP contribution in [0.2, 0.25) is 0 Å². The normalized spacial score (nSPS) is 16.8. The van der Waals surface area contributed by atoms with Gasteiger partial charge in [-0.25, -0.2) is 0 Å². The predicted octanol–water partition coefficient (Wildman–Crippen LogP) is 1.47. The van der Waals surface area contributed by atoms with Gasteiger partial charge in [-0.05, 0) is 24.0 Å². The SMILES string of the molecule is O=C(N[C@@H](CO)c1ccccc1)C1(C(=O)N[C@@H](CO)c2ccccc2)CC1. The summed E-state index contributed by atoms with van der Waals surface area (Å²) in [6, 6.07) is 17.2. The number of carbonyl (C=O) groups excluding carboxylic acids is 2. The fraction of sp³-hybridized carbons (Fsp3) is 0.333. The lowest BCUT2D eigenvalue weighted by atomic mass is 10.0. The molecule has 1 aliphatic carbocycles. The van der Waals surface area contributed by atoms with Crippen LogP contribution in [0.5, 0.6) is 0 Å². The maximum absolute atomic E-state index is 12.8. The van der Waals surface area contributed by atoms with Gasteiger partial charge >= 0.3 is 0 Å². The fourth-order valence-electron chi connectivity index (χ4n) is 3.11. The van der Waals surface area contributed by atoms with Crippen LogP contribution in [-0.2, 0) is 9.59 Å². The smallest absolute Gasteiger partial charge is 0.236 e. The Morgan fingerprint density at radius 3 is 1.44 bits per heavy atom. The molecule has 1 fully saturated rings. The molecule has 0 saturated heterocycles. The molecule has 1 aliphatic rings. The summed E-state index contributed by atoms with van der Waals surface area (Å²) in [6.45, 7) is -0.506. The molecule has 0 radical (unpaired) electrons. The summed E-state index contributed by atoms with van der Waals surface area (Å²) in [6.07, 6.45) is 0.898. The van der Waals surface area contributed by atoms with E-state index in [0.717, 1.165) is 11.1 Å². The minimum atomic E-state index is -1.13. The van der Waals surface area contributed by atoms with Crippen LogP contribution in [0.25, 0.3) is 0 Å². The summed E-state index contributed by atoms with van der Waals surface area (Å²) >= 11 is 0. The van der Waals surface area contributed by atoms with Gasteiger partial charge in [-0.1, -0.05) is 60.7 Å². The van der Waals surface area contributed by atoms with Crippen molar-refractivity contribution >= 4 is 11.8 Å². The van der Waals surface area contributed by atoms with E-state index in [0.29, 0.717) is 12.8 Å². The zero-order chi connectivity index (χ0) is 19.3. The van der Waals surface area contributed by atoms with Gasteiger partial charge in [-0.3, -0.25) is 9.59 Å².